The van der Waals surface area contributed by atoms with Crippen LogP contribution in [0.25, 0.3) is 0 Å². The Morgan fingerprint density at radius 1 is 0.966 bits per heavy atom. The molecule has 1 saturated carbocycles. The average molecular weight is 391 g/mol. The molecule has 2 aromatic rings. The van der Waals surface area contributed by atoms with Crippen molar-refractivity contribution in [2.75, 3.05) is 17.2 Å². The van der Waals surface area contributed by atoms with E-state index in [0.29, 0.717) is 36.4 Å². The second-order valence-electron chi connectivity index (χ2n) is 7.20. The SMILES string of the molecule is CCOc1ccc(NC(=O)c2ccc(NC(=O)C3(C#N)CCCCC3)cc2)cc1. The van der Waals surface area contributed by atoms with Gasteiger partial charge in [0, 0.05) is 16.9 Å². The summed E-state index contributed by atoms with van der Waals surface area (Å²) in [6.07, 6.45) is 4.04. The fraction of sp³-hybridized carbons (Fsp3) is 0.348. The molecule has 0 aliphatic heterocycles. The molecule has 0 unspecified atom stereocenters. The van der Waals surface area contributed by atoms with Gasteiger partial charge in [0.2, 0.25) is 5.91 Å². The van der Waals surface area contributed by atoms with Crippen molar-refractivity contribution in [2.24, 2.45) is 5.41 Å². The normalized spacial score (nSPS) is 15.0. The molecule has 6 nitrogen and oxygen atoms in total. The van der Waals surface area contributed by atoms with Crippen LogP contribution < -0.4 is 15.4 Å². The third-order valence-electron chi connectivity index (χ3n) is 5.18. The van der Waals surface area contributed by atoms with Crippen LogP contribution in [0.1, 0.15) is 49.4 Å². The molecule has 0 spiro atoms. The molecule has 0 radical (unpaired) electrons. The number of ether oxygens (including phenoxy) is 1. The van der Waals surface area contributed by atoms with Gasteiger partial charge in [-0.15, -0.1) is 0 Å². The molecular formula is C23H25N3O3. The number of amides is 2. The molecule has 1 aliphatic carbocycles. The maximum Gasteiger partial charge on any atom is 0.255 e. The number of nitrogens with zero attached hydrogens (tertiary/aromatic N) is 1. The number of carbonyl (C=O) groups is 2. The fourth-order valence-corrected chi connectivity index (χ4v) is 3.51. The molecule has 1 aliphatic rings. The number of rotatable bonds is 6. The monoisotopic (exact) mass is 391 g/mol. The summed E-state index contributed by atoms with van der Waals surface area (Å²) >= 11 is 0. The Labute approximate surface area is 170 Å². The third-order valence-corrected chi connectivity index (χ3v) is 5.18. The molecule has 2 N–H and O–H groups in total. The van der Waals surface area contributed by atoms with Crippen LogP contribution in [0.5, 0.6) is 5.75 Å². The summed E-state index contributed by atoms with van der Waals surface area (Å²) in [5, 5.41) is 15.2. The Balaban J connectivity index is 1.61. The number of nitriles is 1. The summed E-state index contributed by atoms with van der Waals surface area (Å²) in [6.45, 7) is 2.50. The van der Waals surface area contributed by atoms with Crippen molar-refractivity contribution in [1.82, 2.24) is 0 Å². The van der Waals surface area contributed by atoms with E-state index in [1.54, 1.807) is 48.5 Å². The van der Waals surface area contributed by atoms with Gasteiger partial charge in [0.15, 0.2) is 0 Å². The highest BCUT2D eigenvalue weighted by Crippen LogP contribution is 2.36. The minimum atomic E-state index is -0.943. The summed E-state index contributed by atoms with van der Waals surface area (Å²) in [7, 11) is 0. The van der Waals surface area contributed by atoms with E-state index in [4.69, 9.17) is 4.74 Å². The van der Waals surface area contributed by atoms with Gasteiger partial charge >= 0.3 is 0 Å². The van der Waals surface area contributed by atoms with E-state index in [9.17, 15) is 14.9 Å². The van der Waals surface area contributed by atoms with Gasteiger partial charge < -0.3 is 15.4 Å². The number of anilines is 2. The van der Waals surface area contributed by atoms with Crippen molar-refractivity contribution >= 4 is 23.2 Å². The smallest absolute Gasteiger partial charge is 0.255 e. The van der Waals surface area contributed by atoms with Crippen LogP contribution in [0, 0.1) is 16.7 Å². The molecule has 2 amide bonds. The Hall–Kier alpha value is -3.33. The summed E-state index contributed by atoms with van der Waals surface area (Å²) in [4.78, 5) is 25.1. The molecule has 0 heterocycles. The molecule has 2 aromatic carbocycles. The van der Waals surface area contributed by atoms with Crippen LogP contribution in [0.2, 0.25) is 0 Å². The van der Waals surface area contributed by atoms with Crippen molar-refractivity contribution in [3.05, 3.63) is 54.1 Å². The highest BCUT2D eigenvalue weighted by Gasteiger charge is 2.39. The Kier molecular flexibility index (Phi) is 6.50. The molecule has 1 fully saturated rings. The Morgan fingerprint density at radius 3 is 2.14 bits per heavy atom. The molecule has 0 saturated heterocycles. The lowest BCUT2D eigenvalue weighted by Crippen LogP contribution is -2.36. The largest absolute Gasteiger partial charge is 0.494 e. The number of carbonyl (C=O) groups excluding carboxylic acids is 2. The van der Waals surface area contributed by atoms with Gasteiger partial charge in [-0.1, -0.05) is 19.3 Å². The van der Waals surface area contributed by atoms with Crippen LogP contribution in [0.4, 0.5) is 11.4 Å². The van der Waals surface area contributed by atoms with Gasteiger partial charge in [0.1, 0.15) is 11.2 Å². The second kappa shape index (κ2) is 9.24. The van der Waals surface area contributed by atoms with Crippen LogP contribution >= 0.6 is 0 Å². The molecule has 29 heavy (non-hydrogen) atoms. The molecular weight excluding hydrogens is 366 g/mol. The molecule has 3 rings (SSSR count). The van der Waals surface area contributed by atoms with Gasteiger partial charge in [-0.3, -0.25) is 9.59 Å². The van der Waals surface area contributed by atoms with Crippen LogP contribution in [-0.4, -0.2) is 18.4 Å². The summed E-state index contributed by atoms with van der Waals surface area (Å²) in [6, 6.07) is 16.0. The first kappa shape index (κ1) is 20.4. The highest BCUT2D eigenvalue weighted by atomic mass is 16.5. The van der Waals surface area contributed by atoms with E-state index in [1.807, 2.05) is 6.92 Å². The highest BCUT2D eigenvalue weighted by molar-refractivity contribution is 6.05. The molecule has 0 aromatic heterocycles. The molecule has 0 bridgehead atoms. The lowest BCUT2D eigenvalue weighted by Gasteiger charge is -2.29. The zero-order valence-electron chi connectivity index (χ0n) is 16.5. The lowest BCUT2D eigenvalue weighted by molar-refractivity contribution is -0.124. The van der Waals surface area contributed by atoms with Crippen LogP contribution in [-0.2, 0) is 4.79 Å². The van der Waals surface area contributed by atoms with Gasteiger partial charge in [-0.2, -0.15) is 5.26 Å². The Morgan fingerprint density at radius 2 is 1.55 bits per heavy atom. The van der Waals surface area contributed by atoms with Crippen LogP contribution in [0.3, 0.4) is 0 Å². The molecule has 6 heteroatoms. The number of benzene rings is 2. The van der Waals surface area contributed by atoms with Gasteiger partial charge in [0.25, 0.3) is 5.91 Å². The fourth-order valence-electron chi connectivity index (χ4n) is 3.51. The van der Waals surface area contributed by atoms with E-state index in [0.717, 1.165) is 25.0 Å². The van der Waals surface area contributed by atoms with Crippen molar-refractivity contribution < 1.29 is 14.3 Å². The van der Waals surface area contributed by atoms with Crippen molar-refractivity contribution in [3.8, 4) is 11.8 Å². The zero-order valence-corrected chi connectivity index (χ0v) is 16.5. The first-order chi connectivity index (χ1) is 14.1. The Bertz CT molecular complexity index is 892. The van der Waals surface area contributed by atoms with Gasteiger partial charge in [-0.05, 0) is 68.3 Å². The third kappa shape index (κ3) is 4.94. The summed E-state index contributed by atoms with van der Waals surface area (Å²) < 4.78 is 5.39. The van der Waals surface area contributed by atoms with E-state index in [-0.39, 0.29) is 11.8 Å². The van der Waals surface area contributed by atoms with Crippen molar-refractivity contribution in [3.63, 3.8) is 0 Å². The predicted octanol–water partition coefficient (Wildman–Crippen LogP) is 4.75. The topological polar surface area (TPSA) is 91.2 Å². The van der Waals surface area contributed by atoms with E-state index in [2.05, 4.69) is 16.7 Å². The van der Waals surface area contributed by atoms with Crippen molar-refractivity contribution in [1.29, 1.82) is 5.26 Å². The first-order valence-electron chi connectivity index (χ1n) is 9.93. The molecule has 150 valence electrons. The van der Waals surface area contributed by atoms with Gasteiger partial charge in [-0.25, -0.2) is 0 Å². The summed E-state index contributed by atoms with van der Waals surface area (Å²) in [5.41, 5.74) is 0.781. The molecule has 0 atom stereocenters. The number of hydrogen-bond donors (Lipinski definition) is 2. The van der Waals surface area contributed by atoms with E-state index < -0.39 is 5.41 Å². The number of nitrogens with one attached hydrogen (secondary N) is 2. The van der Waals surface area contributed by atoms with Crippen LogP contribution in [0.15, 0.2) is 48.5 Å². The van der Waals surface area contributed by atoms with Gasteiger partial charge in [0.05, 0.1) is 12.7 Å². The lowest BCUT2D eigenvalue weighted by atomic mass is 9.74. The predicted molar refractivity (Wildman–Crippen MR) is 112 cm³/mol. The number of hydrogen-bond acceptors (Lipinski definition) is 4. The minimum absolute atomic E-state index is 0.243. The maximum atomic E-state index is 12.6. The quantitative estimate of drug-likeness (QED) is 0.743. The standard InChI is InChI=1S/C23H25N3O3/c1-2-29-20-12-10-18(11-13-20)25-21(27)17-6-8-19(9-7-17)26-22(28)23(16-24)14-4-3-5-15-23/h6-13H,2-5,14-15H2,1H3,(H,25,27)(H,26,28). The zero-order chi connectivity index (χ0) is 20.7. The minimum Gasteiger partial charge on any atom is -0.494 e. The van der Waals surface area contributed by atoms with Crippen molar-refractivity contribution in [2.45, 2.75) is 39.0 Å². The first-order valence-corrected chi connectivity index (χ1v) is 9.93. The summed E-state index contributed by atoms with van der Waals surface area (Å²) in [5.74, 6) is 0.248. The second-order valence-corrected chi connectivity index (χ2v) is 7.20. The van der Waals surface area contributed by atoms with E-state index in [1.165, 1.54) is 0 Å². The van der Waals surface area contributed by atoms with E-state index >= 15 is 0 Å². The maximum absolute atomic E-state index is 12.6. The average Bonchev–Trinajstić information content (AvgIpc) is 2.76.